The zero-order valence-electron chi connectivity index (χ0n) is 10.8. The summed E-state index contributed by atoms with van der Waals surface area (Å²) in [6.45, 7) is 9.31. The van der Waals surface area contributed by atoms with Gasteiger partial charge in [-0.1, -0.05) is 13.0 Å². The highest BCUT2D eigenvalue weighted by Gasteiger charge is 2.22. The molecule has 2 rings (SSSR count). The lowest BCUT2D eigenvalue weighted by Crippen LogP contribution is -2.22. The topological polar surface area (TPSA) is 25.2 Å². The molecule has 2 heterocycles. The van der Waals surface area contributed by atoms with Crippen LogP contribution in [-0.2, 0) is 0 Å². The predicted octanol–water partition coefficient (Wildman–Crippen LogP) is 3.97. The average molecular weight is 249 g/mol. The molecule has 2 nitrogen and oxygen atoms in total. The Labute approximate surface area is 107 Å². The molecule has 0 saturated heterocycles. The third kappa shape index (κ3) is 2.31. The molecule has 0 spiro atoms. The Balaban J connectivity index is 2.46. The van der Waals surface area contributed by atoms with Crippen LogP contribution in [0.3, 0.4) is 0 Å². The Morgan fingerprint density at radius 3 is 2.53 bits per heavy atom. The van der Waals surface area contributed by atoms with Crippen LogP contribution in [0.4, 0.5) is 0 Å². The first-order valence-electron chi connectivity index (χ1n) is 5.98. The van der Waals surface area contributed by atoms with E-state index in [0.717, 1.165) is 18.1 Å². The fourth-order valence-corrected chi connectivity index (χ4v) is 3.05. The minimum absolute atomic E-state index is 0.262. The summed E-state index contributed by atoms with van der Waals surface area (Å²) in [6, 6.07) is 4.54. The van der Waals surface area contributed by atoms with Crippen molar-refractivity contribution >= 4 is 11.3 Å². The maximum Gasteiger partial charge on any atom is 0.106 e. The van der Waals surface area contributed by atoms with E-state index in [1.807, 2.05) is 13.8 Å². The highest BCUT2D eigenvalue weighted by atomic mass is 32.1. The van der Waals surface area contributed by atoms with Crippen molar-refractivity contribution in [2.24, 2.45) is 0 Å². The minimum atomic E-state index is 0.262. The van der Waals surface area contributed by atoms with Gasteiger partial charge in [-0.25, -0.2) is 0 Å². The largest absolute Gasteiger partial charge is 0.466 e. The molecule has 1 atom stereocenters. The number of aryl methyl sites for hydroxylation is 2. The van der Waals surface area contributed by atoms with Crippen molar-refractivity contribution in [2.45, 2.75) is 33.7 Å². The molecular weight excluding hydrogens is 230 g/mol. The summed E-state index contributed by atoms with van der Waals surface area (Å²) < 4.78 is 5.74. The molecule has 0 fully saturated rings. The van der Waals surface area contributed by atoms with Gasteiger partial charge < -0.3 is 9.73 Å². The lowest BCUT2D eigenvalue weighted by atomic mass is 10.0. The normalized spacial score (nSPS) is 12.9. The van der Waals surface area contributed by atoms with Crippen molar-refractivity contribution in [2.75, 3.05) is 6.54 Å². The van der Waals surface area contributed by atoms with Gasteiger partial charge in [0.1, 0.15) is 11.5 Å². The van der Waals surface area contributed by atoms with Crippen molar-refractivity contribution < 1.29 is 4.42 Å². The van der Waals surface area contributed by atoms with Gasteiger partial charge in [0, 0.05) is 10.4 Å². The lowest BCUT2D eigenvalue weighted by Gasteiger charge is -2.17. The molecule has 92 valence electrons. The molecule has 0 aliphatic carbocycles. The Hall–Kier alpha value is -1.06. The Kier molecular flexibility index (Phi) is 3.69. The highest BCUT2D eigenvalue weighted by Crippen LogP contribution is 2.33. The van der Waals surface area contributed by atoms with Crippen molar-refractivity contribution in [3.8, 4) is 0 Å². The van der Waals surface area contributed by atoms with Crippen LogP contribution in [0, 0.1) is 20.8 Å². The van der Waals surface area contributed by atoms with E-state index in [2.05, 4.69) is 36.7 Å². The van der Waals surface area contributed by atoms with Gasteiger partial charge >= 0.3 is 0 Å². The van der Waals surface area contributed by atoms with Crippen LogP contribution in [0.2, 0.25) is 0 Å². The molecule has 1 unspecified atom stereocenters. The second-order valence-corrected chi connectivity index (χ2v) is 5.24. The van der Waals surface area contributed by atoms with Crippen LogP contribution < -0.4 is 5.32 Å². The molecule has 0 aliphatic rings. The highest BCUT2D eigenvalue weighted by molar-refractivity contribution is 7.10. The van der Waals surface area contributed by atoms with Crippen LogP contribution in [0.1, 0.15) is 40.5 Å². The van der Waals surface area contributed by atoms with E-state index < -0.39 is 0 Å². The fraction of sp³-hybridized carbons (Fsp3) is 0.429. The number of furan rings is 1. The molecule has 0 amide bonds. The standard InChI is InChI=1S/C14H19NOS/c1-5-15-14(12-7-6-8-17-12)13-9(2)10(3)16-11(13)4/h6-8,14-15H,5H2,1-4H3. The van der Waals surface area contributed by atoms with Gasteiger partial charge in [0.05, 0.1) is 6.04 Å². The SMILES string of the molecule is CCNC(c1cccs1)c1c(C)oc(C)c1C. The maximum absolute atomic E-state index is 5.74. The van der Waals surface area contributed by atoms with E-state index in [-0.39, 0.29) is 6.04 Å². The van der Waals surface area contributed by atoms with Gasteiger partial charge in [0.25, 0.3) is 0 Å². The van der Waals surface area contributed by atoms with E-state index in [4.69, 9.17) is 4.42 Å². The van der Waals surface area contributed by atoms with E-state index in [9.17, 15) is 0 Å². The predicted molar refractivity (Wildman–Crippen MR) is 72.8 cm³/mol. The van der Waals surface area contributed by atoms with E-state index in [0.29, 0.717) is 0 Å². The first kappa shape index (κ1) is 12.4. The number of nitrogens with one attached hydrogen (secondary N) is 1. The van der Waals surface area contributed by atoms with Gasteiger partial charge in [-0.2, -0.15) is 0 Å². The second-order valence-electron chi connectivity index (χ2n) is 4.26. The first-order valence-corrected chi connectivity index (χ1v) is 6.86. The number of hydrogen-bond donors (Lipinski definition) is 1. The van der Waals surface area contributed by atoms with E-state index in [1.165, 1.54) is 16.0 Å². The molecule has 0 saturated carbocycles. The third-order valence-corrected chi connectivity index (χ3v) is 4.08. The maximum atomic E-state index is 5.74. The van der Waals surface area contributed by atoms with Crippen LogP contribution in [0.5, 0.6) is 0 Å². The number of thiophene rings is 1. The van der Waals surface area contributed by atoms with Crippen LogP contribution in [0.15, 0.2) is 21.9 Å². The average Bonchev–Trinajstić information content (AvgIpc) is 2.88. The van der Waals surface area contributed by atoms with Crippen LogP contribution in [0.25, 0.3) is 0 Å². The quantitative estimate of drug-likeness (QED) is 0.887. The smallest absolute Gasteiger partial charge is 0.106 e. The molecule has 0 aromatic carbocycles. The molecular formula is C14H19NOS. The summed E-state index contributed by atoms with van der Waals surface area (Å²) >= 11 is 1.79. The minimum Gasteiger partial charge on any atom is -0.466 e. The third-order valence-electron chi connectivity index (χ3n) is 3.14. The lowest BCUT2D eigenvalue weighted by molar-refractivity contribution is 0.494. The molecule has 17 heavy (non-hydrogen) atoms. The summed E-state index contributed by atoms with van der Waals surface area (Å²) in [7, 11) is 0. The van der Waals surface area contributed by atoms with Gasteiger partial charge in [0.15, 0.2) is 0 Å². The van der Waals surface area contributed by atoms with E-state index in [1.54, 1.807) is 11.3 Å². The number of rotatable bonds is 4. The summed E-state index contributed by atoms with van der Waals surface area (Å²) in [4.78, 5) is 1.35. The summed E-state index contributed by atoms with van der Waals surface area (Å²) in [5.41, 5.74) is 2.56. The van der Waals surface area contributed by atoms with Crippen LogP contribution in [-0.4, -0.2) is 6.54 Å². The monoisotopic (exact) mass is 249 g/mol. The van der Waals surface area contributed by atoms with E-state index >= 15 is 0 Å². The summed E-state index contributed by atoms with van der Waals surface area (Å²) in [5, 5.41) is 5.67. The molecule has 0 radical (unpaired) electrons. The van der Waals surface area contributed by atoms with Gasteiger partial charge in [0.2, 0.25) is 0 Å². The van der Waals surface area contributed by atoms with Crippen molar-refractivity contribution in [1.82, 2.24) is 5.32 Å². The van der Waals surface area contributed by atoms with Crippen molar-refractivity contribution in [1.29, 1.82) is 0 Å². The molecule has 1 N–H and O–H groups in total. The molecule has 2 aromatic heterocycles. The molecule has 0 aliphatic heterocycles. The van der Waals surface area contributed by atoms with Crippen molar-refractivity contribution in [3.63, 3.8) is 0 Å². The fourth-order valence-electron chi connectivity index (χ4n) is 2.24. The van der Waals surface area contributed by atoms with Crippen molar-refractivity contribution in [3.05, 3.63) is 45.0 Å². The summed E-state index contributed by atoms with van der Waals surface area (Å²) in [6.07, 6.45) is 0. The first-order chi connectivity index (χ1) is 8.15. The molecule has 3 heteroatoms. The molecule has 2 aromatic rings. The zero-order valence-corrected chi connectivity index (χ0v) is 11.6. The van der Waals surface area contributed by atoms with Crippen LogP contribution >= 0.6 is 11.3 Å². The molecule has 0 bridgehead atoms. The number of hydrogen-bond acceptors (Lipinski definition) is 3. The van der Waals surface area contributed by atoms with Gasteiger partial charge in [-0.3, -0.25) is 0 Å². The second kappa shape index (κ2) is 5.07. The Morgan fingerprint density at radius 1 is 1.29 bits per heavy atom. The zero-order chi connectivity index (χ0) is 12.4. The Morgan fingerprint density at radius 2 is 2.06 bits per heavy atom. The van der Waals surface area contributed by atoms with Gasteiger partial charge in [-0.05, 0) is 44.3 Å². The summed E-state index contributed by atoms with van der Waals surface area (Å²) in [5.74, 6) is 2.05. The Bertz CT molecular complexity index is 485. The van der Waals surface area contributed by atoms with Gasteiger partial charge in [-0.15, -0.1) is 11.3 Å².